The van der Waals surface area contributed by atoms with Crippen molar-refractivity contribution in [2.75, 3.05) is 30.0 Å². The van der Waals surface area contributed by atoms with Crippen LogP contribution in [0, 0.1) is 27.7 Å². The van der Waals surface area contributed by atoms with Gasteiger partial charge in [-0.05, 0) is 63.1 Å². The van der Waals surface area contributed by atoms with Crippen LogP contribution in [0.3, 0.4) is 0 Å². The van der Waals surface area contributed by atoms with E-state index in [0.29, 0.717) is 5.16 Å². The van der Waals surface area contributed by atoms with Gasteiger partial charge in [0.15, 0.2) is 0 Å². The van der Waals surface area contributed by atoms with Crippen molar-refractivity contribution in [1.29, 1.82) is 0 Å². The molecule has 0 aromatic heterocycles. The highest BCUT2D eigenvalue weighted by Crippen LogP contribution is 2.45. The van der Waals surface area contributed by atoms with Crippen LogP contribution in [0.25, 0.3) is 0 Å². The lowest BCUT2D eigenvalue weighted by atomic mass is 10.1. The first-order valence-corrected chi connectivity index (χ1v) is 12.9. The number of aryl methyl sites for hydroxylation is 4. The number of nitrogens with zero attached hydrogens (tertiary/aromatic N) is 1. The van der Waals surface area contributed by atoms with Gasteiger partial charge in [0, 0.05) is 18.3 Å². The lowest BCUT2D eigenvalue weighted by Gasteiger charge is -2.30. The van der Waals surface area contributed by atoms with Gasteiger partial charge in [-0.15, -0.1) is 7.92 Å². The smallest absolute Gasteiger partial charge is 0.0581 e. The summed E-state index contributed by atoms with van der Waals surface area (Å²) in [6.07, 6.45) is 2.87. The maximum atomic E-state index is 6.51. The molecular formula is C24H39ClNPS. The number of rotatable bonds is 4. The normalized spacial score (nSPS) is 11.5. The second-order valence-electron chi connectivity index (χ2n) is 8.08. The molecular weight excluding hydrogens is 401 g/mol. The third kappa shape index (κ3) is 10.2. The van der Waals surface area contributed by atoms with Crippen molar-refractivity contribution in [3.8, 4) is 0 Å². The van der Waals surface area contributed by atoms with Crippen molar-refractivity contribution in [2.45, 2.75) is 53.6 Å². The Hall–Kier alpha value is -0.690. The SMILES string of the molecule is CS.Cc1cc(C)c(N(Cl)CCP(C)C(C)(C)C)c(C)c1.Cc1ccccc1. The highest BCUT2D eigenvalue weighted by Gasteiger charge is 2.20. The first kappa shape index (κ1) is 27.3. The molecule has 0 aliphatic carbocycles. The summed E-state index contributed by atoms with van der Waals surface area (Å²) in [5.74, 6) is 0. The Kier molecular flexibility index (Phi) is 13.2. The van der Waals surface area contributed by atoms with Crippen molar-refractivity contribution < 1.29 is 0 Å². The van der Waals surface area contributed by atoms with E-state index in [4.69, 9.17) is 11.8 Å². The Morgan fingerprint density at radius 2 is 1.36 bits per heavy atom. The first-order chi connectivity index (χ1) is 13.0. The summed E-state index contributed by atoms with van der Waals surface area (Å²) in [5.41, 5.74) is 6.34. The van der Waals surface area contributed by atoms with Gasteiger partial charge in [0.2, 0.25) is 0 Å². The molecule has 0 aliphatic rings. The predicted octanol–water partition coefficient (Wildman–Crippen LogP) is 8.02. The van der Waals surface area contributed by atoms with E-state index < -0.39 is 0 Å². The molecule has 158 valence electrons. The highest BCUT2D eigenvalue weighted by atomic mass is 35.5. The molecule has 2 rings (SSSR count). The minimum atomic E-state index is 0.00391. The van der Waals surface area contributed by atoms with Gasteiger partial charge in [-0.1, -0.05) is 74.4 Å². The number of hydrogen-bond donors (Lipinski definition) is 1. The Morgan fingerprint density at radius 3 is 1.71 bits per heavy atom. The van der Waals surface area contributed by atoms with Gasteiger partial charge in [0.1, 0.15) is 0 Å². The van der Waals surface area contributed by atoms with Crippen LogP contribution in [0.15, 0.2) is 42.5 Å². The molecule has 28 heavy (non-hydrogen) atoms. The zero-order chi connectivity index (χ0) is 21.9. The summed E-state index contributed by atoms with van der Waals surface area (Å²) >= 11 is 10.0. The summed E-state index contributed by atoms with van der Waals surface area (Å²) in [4.78, 5) is 0. The number of hydrogen-bond acceptors (Lipinski definition) is 2. The molecule has 0 bridgehead atoms. The lowest BCUT2D eigenvalue weighted by molar-refractivity contribution is 0.782. The van der Waals surface area contributed by atoms with Crippen LogP contribution in [-0.4, -0.2) is 30.8 Å². The van der Waals surface area contributed by atoms with Crippen LogP contribution in [-0.2, 0) is 0 Å². The van der Waals surface area contributed by atoms with Gasteiger partial charge in [0.25, 0.3) is 0 Å². The molecule has 1 nitrogen and oxygen atoms in total. The molecule has 1 atom stereocenters. The Labute approximate surface area is 186 Å². The van der Waals surface area contributed by atoms with E-state index >= 15 is 0 Å². The van der Waals surface area contributed by atoms with E-state index in [0.717, 1.165) is 6.54 Å². The van der Waals surface area contributed by atoms with Crippen LogP contribution in [0.1, 0.15) is 43.0 Å². The molecule has 2 aromatic carbocycles. The van der Waals surface area contributed by atoms with E-state index in [1.54, 1.807) is 6.26 Å². The van der Waals surface area contributed by atoms with E-state index in [9.17, 15) is 0 Å². The topological polar surface area (TPSA) is 3.24 Å². The summed E-state index contributed by atoms with van der Waals surface area (Å²) in [6.45, 7) is 18.7. The van der Waals surface area contributed by atoms with Crippen molar-refractivity contribution in [2.24, 2.45) is 0 Å². The summed E-state index contributed by atoms with van der Waals surface area (Å²) in [5, 5.41) is 0.407. The third-order valence-corrected chi connectivity index (χ3v) is 8.09. The molecule has 0 N–H and O–H groups in total. The van der Waals surface area contributed by atoms with Crippen LogP contribution >= 0.6 is 32.3 Å². The average molecular weight is 440 g/mol. The fraction of sp³-hybridized carbons (Fsp3) is 0.500. The van der Waals surface area contributed by atoms with E-state index in [1.807, 2.05) is 22.6 Å². The minimum Gasteiger partial charge on any atom is -0.284 e. The van der Waals surface area contributed by atoms with Gasteiger partial charge < -0.3 is 0 Å². The predicted molar refractivity (Wildman–Crippen MR) is 137 cm³/mol. The standard InChI is InChI=1S/C16H27ClNP.C7H8.CH4S/c1-12-10-13(2)15(14(3)11-12)18(17)8-9-19(7)16(4,5)6;1-7-5-3-2-4-6-7;1-2/h10-11H,8-9H2,1-7H3;2-6H,1H3;2H,1H3. The summed E-state index contributed by atoms with van der Waals surface area (Å²) < 4.78 is 1.91. The second-order valence-corrected chi connectivity index (χ2v) is 11.7. The maximum absolute atomic E-state index is 6.51. The monoisotopic (exact) mass is 439 g/mol. The largest absolute Gasteiger partial charge is 0.284 e. The number of thiol groups is 1. The number of anilines is 1. The fourth-order valence-electron chi connectivity index (χ4n) is 2.77. The maximum Gasteiger partial charge on any atom is 0.0581 e. The molecule has 0 radical (unpaired) electrons. The quantitative estimate of drug-likeness (QED) is 0.286. The zero-order valence-corrected chi connectivity index (χ0v) is 21.7. The van der Waals surface area contributed by atoms with E-state index in [-0.39, 0.29) is 7.92 Å². The summed E-state index contributed by atoms with van der Waals surface area (Å²) in [6, 6.07) is 14.7. The molecule has 1 unspecified atom stereocenters. The molecule has 0 aliphatic heterocycles. The van der Waals surface area contributed by atoms with Gasteiger partial charge >= 0.3 is 0 Å². The van der Waals surface area contributed by atoms with Crippen LogP contribution in [0.5, 0.6) is 0 Å². The van der Waals surface area contributed by atoms with Crippen LogP contribution in [0.2, 0.25) is 0 Å². The number of benzene rings is 2. The Bertz CT molecular complexity index is 660. The van der Waals surface area contributed by atoms with Crippen LogP contribution in [0.4, 0.5) is 5.69 Å². The highest BCUT2D eigenvalue weighted by molar-refractivity contribution is 7.79. The van der Waals surface area contributed by atoms with Gasteiger partial charge in [0.05, 0.1) is 5.69 Å². The molecule has 0 amide bonds. The van der Waals surface area contributed by atoms with Gasteiger partial charge in [-0.25, -0.2) is 0 Å². The van der Waals surface area contributed by atoms with Crippen molar-refractivity contribution in [3.63, 3.8) is 0 Å². The van der Waals surface area contributed by atoms with E-state index in [2.05, 4.69) is 92.0 Å². The molecule has 2 aromatic rings. The molecule has 0 spiro atoms. The molecule has 4 heteroatoms. The Balaban J connectivity index is 0.000000670. The lowest BCUT2D eigenvalue weighted by Crippen LogP contribution is -2.21. The zero-order valence-electron chi connectivity index (χ0n) is 19.2. The summed E-state index contributed by atoms with van der Waals surface area (Å²) in [7, 11) is 0.00391. The molecule has 0 saturated heterocycles. The van der Waals surface area contributed by atoms with E-state index in [1.165, 1.54) is 34.1 Å². The number of halogens is 1. The minimum absolute atomic E-state index is 0.00391. The first-order valence-electron chi connectivity index (χ1n) is 9.71. The molecule has 0 heterocycles. The van der Waals surface area contributed by atoms with Crippen molar-refractivity contribution in [1.82, 2.24) is 0 Å². The Morgan fingerprint density at radius 1 is 0.893 bits per heavy atom. The van der Waals surface area contributed by atoms with Gasteiger partial charge in [-0.2, -0.15) is 12.6 Å². The fourth-order valence-corrected chi connectivity index (χ4v) is 4.41. The second kappa shape index (κ2) is 13.5. The van der Waals surface area contributed by atoms with Crippen molar-refractivity contribution >= 4 is 38.0 Å². The third-order valence-electron chi connectivity index (χ3n) is 4.60. The average Bonchev–Trinajstić information content (AvgIpc) is 2.61. The van der Waals surface area contributed by atoms with Crippen LogP contribution < -0.4 is 4.42 Å². The molecule has 0 saturated carbocycles. The van der Waals surface area contributed by atoms with Crippen molar-refractivity contribution in [3.05, 3.63) is 64.7 Å². The van der Waals surface area contributed by atoms with Gasteiger partial charge in [-0.3, -0.25) is 4.42 Å². The molecule has 0 fully saturated rings.